The predicted octanol–water partition coefficient (Wildman–Crippen LogP) is 1.76. The summed E-state index contributed by atoms with van der Waals surface area (Å²) in [7, 11) is -2.36. The molecule has 0 saturated carbocycles. The number of fused-ring (bicyclic) bond motifs is 1. The zero-order valence-corrected chi connectivity index (χ0v) is 17.1. The summed E-state index contributed by atoms with van der Waals surface area (Å²) < 4.78 is 29.9. The molecule has 28 heavy (non-hydrogen) atoms. The second kappa shape index (κ2) is 7.78. The number of amides is 1. The number of aromatic nitrogens is 3. The summed E-state index contributed by atoms with van der Waals surface area (Å²) in [6.45, 7) is 1.71. The van der Waals surface area contributed by atoms with Gasteiger partial charge in [0.2, 0.25) is 21.8 Å². The molecule has 0 aliphatic rings. The van der Waals surface area contributed by atoms with Crippen LogP contribution in [0.3, 0.4) is 0 Å². The van der Waals surface area contributed by atoms with Gasteiger partial charge >= 0.3 is 0 Å². The summed E-state index contributed by atoms with van der Waals surface area (Å²) in [6.07, 6.45) is 1.85. The van der Waals surface area contributed by atoms with Crippen LogP contribution in [0.25, 0.3) is 11.2 Å². The molecule has 9 nitrogen and oxygen atoms in total. The van der Waals surface area contributed by atoms with Crippen molar-refractivity contribution in [2.75, 3.05) is 18.7 Å². The highest BCUT2D eigenvalue weighted by atomic mass is 32.2. The molecule has 0 atom stereocenters. The molecule has 148 valence electrons. The van der Waals surface area contributed by atoms with Gasteiger partial charge in [0.1, 0.15) is 12.1 Å². The summed E-state index contributed by atoms with van der Waals surface area (Å²) in [6, 6.07) is 7.79. The van der Waals surface area contributed by atoms with Crippen LogP contribution in [0.5, 0.6) is 5.88 Å². The van der Waals surface area contributed by atoms with Gasteiger partial charge in [0.05, 0.1) is 12.0 Å². The number of carbonyl (C=O) groups excluding carboxylic acids is 1. The molecule has 0 bridgehead atoms. The highest BCUT2D eigenvalue weighted by Crippen LogP contribution is 2.24. The van der Waals surface area contributed by atoms with E-state index in [0.717, 1.165) is 0 Å². The first-order valence-corrected chi connectivity index (χ1v) is 10.9. The lowest BCUT2D eigenvalue weighted by atomic mass is 10.2. The third kappa shape index (κ3) is 4.11. The monoisotopic (exact) mass is 421 g/mol. The van der Waals surface area contributed by atoms with E-state index in [1.54, 1.807) is 29.7 Å². The number of imidazole rings is 1. The molecule has 0 saturated heterocycles. The van der Waals surface area contributed by atoms with Crippen LogP contribution in [-0.4, -0.2) is 42.2 Å². The minimum atomic E-state index is -3.87. The number of hydrogen-bond donors (Lipinski definition) is 2. The van der Waals surface area contributed by atoms with Crippen molar-refractivity contribution in [2.45, 2.75) is 23.5 Å². The van der Waals surface area contributed by atoms with E-state index in [2.05, 4.69) is 15.3 Å². The Balaban J connectivity index is 1.92. The molecule has 1 amide bonds. The van der Waals surface area contributed by atoms with Crippen LogP contribution < -0.4 is 15.2 Å². The molecule has 1 aromatic carbocycles. The Kier molecular flexibility index (Phi) is 5.59. The Morgan fingerprint density at radius 3 is 2.68 bits per heavy atom. The molecule has 0 fully saturated rings. The first kappa shape index (κ1) is 20.1. The molecule has 2 aromatic heterocycles. The number of aryl methyl sites for hydroxylation is 1. The fourth-order valence-electron chi connectivity index (χ4n) is 2.62. The number of pyridine rings is 1. The van der Waals surface area contributed by atoms with Crippen molar-refractivity contribution in [1.82, 2.24) is 14.5 Å². The van der Waals surface area contributed by atoms with E-state index >= 15 is 0 Å². The number of thioether (sulfide) groups is 1. The van der Waals surface area contributed by atoms with Gasteiger partial charge in [0, 0.05) is 11.8 Å². The van der Waals surface area contributed by atoms with Gasteiger partial charge in [-0.25, -0.2) is 18.5 Å². The van der Waals surface area contributed by atoms with Crippen molar-refractivity contribution in [3.8, 4) is 5.88 Å². The van der Waals surface area contributed by atoms with E-state index in [-0.39, 0.29) is 17.3 Å². The molecule has 3 aromatic rings. The van der Waals surface area contributed by atoms with Crippen LogP contribution in [0.15, 0.2) is 40.4 Å². The number of benzene rings is 1. The van der Waals surface area contributed by atoms with E-state index in [9.17, 15) is 13.2 Å². The van der Waals surface area contributed by atoms with Gasteiger partial charge in [0.25, 0.3) is 0 Å². The summed E-state index contributed by atoms with van der Waals surface area (Å²) in [5.41, 5.74) is 2.25. The fourth-order valence-corrected chi connectivity index (χ4v) is 3.72. The molecule has 0 unspecified atom stereocenters. The number of ether oxygens (including phenoxy) is 1. The molecule has 2 heterocycles. The second-order valence-corrected chi connectivity index (χ2v) is 8.29. The maximum Gasteiger partial charge on any atom is 0.244 e. The number of methoxy groups -OCH3 is 1. The van der Waals surface area contributed by atoms with Gasteiger partial charge in [0.15, 0.2) is 10.8 Å². The number of hydrogen-bond acceptors (Lipinski definition) is 7. The van der Waals surface area contributed by atoms with E-state index in [4.69, 9.17) is 9.88 Å². The standard InChI is InChI=1S/C17H19N5O4S2/c1-10-4-5-11(28(18,24)25)8-13(10)19-14(23)9-22-16-12(20-17(22)27-3)6-7-15(21-16)26-2/h4-8H,9H2,1-3H3,(H,19,23)(H2,18,24,25). The number of nitrogens with zero attached hydrogens (tertiary/aromatic N) is 3. The van der Waals surface area contributed by atoms with E-state index in [0.29, 0.717) is 33.5 Å². The van der Waals surface area contributed by atoms with Gasteiger partial charge in [-0.2, -0.15) is 4.98 Å². The van der Waals surface area contributed by atoms with Crippen LogP contribution >= 0.6 is 11.8 Å². The third-order valence-corrected chi connectivity index (χ3v) is 5.62. The van der Waals surface area contributed by atoms with Crippen molar-refractivity contribution in [1.29, 1.82) is 0 Å². The number of primary sulfonamides is 1. The molecule has 11 heteroatoms. The quantitative estimate of drug-likeness (QED) is 0.580. The minimum absolute atomic E-state index is 0.0497. The summed E-state index contributed by atoms with van der Waals surface area (Å²) in [5.74, 6) is 0.0623. The molecule has 0 radical (unpaired) electrons. The summed E-state index contributed by atoms with van der Waals surface area (Å²) >= 11 is 1.39. The summed E-state index contributed by atoms with van der Waals surface area (Å²) in [4.78, 5) is 21.4. The first-order valence-electron chi connectivity index (χ1n) is 8.11. The smallest absolute Gasteiger partial charge is 0.244 e. The zero-order chi connectivity index (χ0) is 20.5. The molecule has 0 aliphatic carbocycles. The predicted molar refractivity (Wildman–Crippen MR) is 107 cm³/mol. The maximum atomic E-state index is 12.7. The number of nitrogens with one attached hydrogen (secondary N) is 1. The average molecular weight is 422 g/mol. The highest BCUT2D eigenvalue weighted by Gasteiger charge is 2.17. The van der Waals surface area contributed by atoms with E-state index in [1.807, 2.05) is 6.26 Å². The van der Waals surface area contributed by atoms with Gasteiger partial charge in [-0.05, 0) is 36.9 Å². The molecule has 3 N–H and O–H groups in total. The van der Waals surface area contributed by atoms with Gasteiger partial charge in [-0.15, -0.1) is 0 Å². The Morgan fingerprint density at radius 1 is 1.29 bits per heavy atom. The summed E-state index contributed by atoms with van der Waals surface area (Å²) in [5, 5.41) is 8.52. The molecule has 0 aliphatic heterocycles. The van der Waals surface area contributed by atoms with Gasteiger partial charge in [-0.1, -0.05) is 17.8 Å². The number of carbonyl (C=O) groups is 1. The van der Waals surface area contributed by atoms with E-state index < -0.39 is 10.0 Å². The van der Waals surface area contributed by atoms with Crippen molar-refractivity contribution in [2.24, 2.45) is 5.14 Å². The molecule has 0 spiro atoms. The second-order valence-electron chi connectivity index (χ2n) is 5.95. The van der Waals surface area contributed by atoms with Gasteiger partial charge < -0.3 is 10.1 Å². The number of sulfonamides is 1. The zero-order valence-electron chi connectivity index (χ0n) is 15.5. The van der Waals surface area contributed by atoms with Crippen LogP contribution in [0, 0.1) is 6.92 Å². The topological polar surface area (TPSA) is 129 Å². The number of anilines is 1. The third-order valence-electron chi connectivity index (χ3n) is 4.04. The number of rotatable bonds is 6. The van der Waals surface area contributed by atoms with Gasteiger partial charge in [-0.3, -0.25) is 9.36 Å². The Hall–Kier alpha value is -2.63. The normalized spacial score (nSPS) is 11.6. The largest absolute Gasteiger partial charge is 0.481 e. The van der Waals surface area contributed by atoms with Crippen LogP contribution in [0.2, 0.25) is 0 Å². The fraction of sp³-hybridized carbons (Fsp3) is 0.235. The van der Waals surface area contributed by atoms with E-state index in [1.165, 1.54) is 31.0 Å². The average Bonchev–Trinajstić information content (AvgIpc) is 2.99. The highest BCUT2D eigenvalue weighted by molar-refractivity contribution is 7.98. The Labute approximate surface area is 166 Å². The first-order chi connectivity index (χ1) is 13.2. The lowest BCUT2D eigenvalue weighted by molar-refractivity contribution is -0.116. The minimum Gasteiger partial charge on any atom is -0.481 e. The SMILES string of the molecule is COc1ccc2nc(SC)n(CC(=O)Nc3cc(S(N)(=O)=O)ccc3C)c2n1. The molecular formula is C17H19N5O4S2. The van der Waals surface area contributed by atoms with Crippen LogP contribution in [-0.2, 0) is 21.4 Å². The van der Waals surface area contributed by atoms with Crippen LogP contribution in [0.4, 0.5) is 5.69 Å². The Bertz CT molecular complexity index is 1160. The van der Waals surface area contributed by atoms with Crippen LogP contribution in [0.1, 0.15) is 5.56 Å². The van der Waals surface area contributed by atoms with Crippen molar-refractivity contribution < 1.29 is 17.9 Å². The molecular weight excluding hydrogens is 402 g/mol. The lowest BCUT2D eigenvalue weighted by Crippen LogP contribution is -2.20. The van der Waals surface area contributed by atoms with Crippen molar-refractivity contribution >= 4 is 44.5 Å². The maximum absolute atomic E-state index is 12.7. The number of nitrogens with two attached hydrogens (primary N) is 1. The molecule has 3 rings (SSSR count). The van der Waals surface area contributed by atoms with Crippen molar-refractivity contribution in [3.63, 3.8) is 0 Å². The Morgan fingerprint density at radius 2 is 2.04 bits per heavy atom. The van der Waals surface area contributed by atoms with Crippen molar-refractivity contribution in [3.05, 3.63) is 35.9 Å². The lowest BCUT2D eigenvalue weighted by Gasteiger charge is -2.12.